The summed E-state index contributed by atoms with van der Waals surface area (Å²) in [6.45, 7) is 0. The molecule has 0 bridgehead atoms. The molecule has 7 heteroatoms. The van der Waals surface area contributed by atoms with Crippen LogP contribution in [0, 0.1) is 0 Å². The van der Waals surface area contributed by atoms with Gasteiger partial charge >= 0.3 is 11.9 Å². The van der Waals surface area contributed by atoms with Crippen LogP contribution in [0.15, 0.2) is 48.5 Å². The molecule has 0 atom stereocenters. The standard InChI is InChI=1S/C9H10O4.C9H12O3/c1-13-8-4-6(5-9(11)12)2-3-7(8)10;1-11-9(10,12-2)8-6-4-3-5-7-8/h2-4,10H,5H2,1H3,(H,11,12);3-7,10H,1-2H3. The highest BCUT2D eigenvalue weighted by molar-refractivity contribution is 5.70. The van der Waals surface area contributed by atoms with E-state index >= 15 is 0 Å². The highest BCUT2D eigenvalue weighted by atomic mass is 16.8. The molecule has 2 aromatic carbocycles. The van der Waals surface area contributed by atoms with E-state index in [4.69, 9.17) is 19.3 Å². The number of aliphatic hydroxyl groups is 1. The van der Waals surface area contributed by atoms with Crippen LogP contribution in [0.2, 0.25) is 0 Å². The summed E-state index contributed by atoms with van der Waals surface area (Å²) in [7, 11) is 4.19. The fraction of sp³-hybridized carbons (Fsp3) is 0.278. The van der Waals surface area contributed by atoms with Crippen LogP contribution in [0.5, 0.6) is 11.5 Å². The molecule has 136 valence electrons. The van der Waals surface area contributed by atoms with Gasteiger partial charge in [-0.15, -0.1) is 0 Å². The van der Waals surface area contributed by atoms with Gasteiger partial charge in [0, 0.05) is 19.8 Å². The first-order valence-corrected chi connectivity index (χ1v) is 7.32. The number of hydrogen-bond donors (Lipinski definition) is 3. The van der Waals surface area contributed by atoms with Crippen LogP contribution in [0.25, 0.3) is 0 Å². The Morgan fingerprint density at radius 3 is 2.12 bits per heavy atom. The lowest BCUT2D eigenvalue weighted by Gasteiger charge is -2.24. The van der Waals surface area contributed by atoms with Crippen molar-refractivity contribution in [3.63, 3.8) is 0 Å². The molecule has 0 unspecified atom stereocenters. The highest BCUT2D eigenvalue weighted by Crippen LogP contribution is 2.26. The van der Waals surface area contributed by atoms with E-state index in [1.807, 2.05) is 6.07 Å². The Balaban J connectivity index is 0.000000251. The largest absolute Gasteiger partial charge is 0.504 e. The molecule has 0 aliphatic carbocycles. The molecule has 2 aromatic rings. The minimum Gasteiger partial charge on any atom is -0.504 e. The SMILES string of the molecule is COC(O)(OC)c1ccccc1.COc1cc(CC(=O)O)ccc1O. The van der Waals surface area contributed by atoms with E-state index in [2.05, 4.69) is 0 Å². The number of benzene rings is 2. The maximum atomic E-state index is 10.3. The summed E-state index contributed by atoms with van der Waals surface area (Å²) in [4.78, 5) is 10.3. The number of rotatable bonds is 6. The van der Waals surface area contributed by atoms with Gasteiger partial charge in [0.1, 0.15) is 0 Å². The zero-order chi connectivity index (χ0) is 18.9. The van der Waals surface area contributed by atoms with Crippen LogP contribution in [0.4, 0.5) is 0 Å². The van der Waals surface area contributed by atoms with E-state index < -0.39 is 11.9 Å². The average molecular weight is 350 g/mol. The van der Waals surface area contributed by atoms with Crippen molar-refractivity contribution in [2.45, 2.75) is 12.4 Å². The van der Waals surface area contributed by atoms with Gasteiger partial charge in [0.05, 0.1) is 13.5 Å². The third kappa shape index (κ3) is 6.07. The van der Waals surface area contributed by atoms with Crippen LogP contribution in [0.1, 0.15) is 11.1 Å². The summed E-state index contributed by atoms with van der Waals surface area (Å²) in [6, 6.07) is 13.4. The van der Waals surface area contributed by atoms with Gasteiger partial charge in [-0.1, -0.05) is 36.4 Å². The molecule has 0 aliphatic heterocycles. The second-order valence-electron chi connectivity index (χ2n) is 4.93. The Bertz CT molecular complexity index is 666. The average Bonchev–Trinajstić information content (AvgIpc) is 2.63. The van der Waals surface area contributed by atoms with Crippen molar-refractivity contribution in [3.05, 3.63) is 59.7 Å². The lowest BCUT2D eigenvalue weighted by molar-refractivity contribution is -0.352. The van der Waals surface area contributed by atoms with E-state index in [0.29, 0.717) is 16.9 Å². The third-order valence-electron chi connectivity index (χ3n) is 3.29. The molecule has 0 radical (unpaired) electrons. The molecule has 0 saturated heterocycles. The molecule has 2 rings (SSSR count). The van der Waals surface area contributed by atoms with Crippen molar-refractivity contribution in [2.24, 2.45) is 0 Å². The van der Waals surface area contributed by atoms with Crippen LogP contribution < -0.4 is 4.74 Å². The molecule has 0 fully saturated rings. The van der Waals surface area contributed by atoms with Gasteiger partial charge in [-0.3, -0.25) is 4.79 Å². The van der Waals surface area contributed by atoms with Crippen LogP contribution in [-0.2, 0) is 26.7 Å². The first kappa shape index (κ1) is 20.4. The molecule has 0 saturated carbocycles. The predicted molar refractivity (Wildman–Crippen MR) is 90.4 cm³/mol. The first-order chi connectivity index (χ1) is 11.9. The van der Waals surface area contributed by atoms with Crippen LogP contribution in [0.3, 0.4) is 0 Å². The van der Waals surface area contributed by atoms with Crippen molar-refractivity contribution in [3.8, 4) is 11.5 Å². The molecule has 25 heavy (non-hydrogen) atoms. The quantitative estimate of drug-likeness (QED) is 0.685. The molecule has 0 amide bonds. The first-order valence-electron chi connectivity index (χ1n) is 7.32. The number of hydrogen-bond acceptors (Lipinski definition) is 6. The maximum absolute atomic E-state index is 10.3. The van der Waals surface area contributed by atoms with Crippen molar-refractivity contribution in [1.82, 2.24) is 0 Å². The number of phenols is 1. The summed E-state index contributed by atoms with van der Waals surface area (Å²) in [5.41, 5.74) is 1.18. The Hall–Kier alpha value is -2.61. The number of aliphatic carboxylic acids is 1. The fourth-order valence-corrected chi connectivity index (χ4v) is 1.97. The van der Waals surface area contributed by atoms with Crippen LogP contribution >= 0.6 is 0 Å². The van der Waals surface area contributed by atoms with Crippen molar-refractivity contribution >= 4 is 5.97 Å². The van der Waals surface area contributed by atoms with E-state index in [0.717, 1.165) is 0 Å². The minimum atomic E-state index is -1.62. The number of carboxylic acids is 1. The number of ether oxygens (including phenoxy) is 3. The number of carboxylic acid groups (broad SMARTS) is 1. The number of aromatic hydroxyl groups is 1. The van der Waals surface area contributed by atoms with Gasteiger partial charge < -0.3 is 29.5 Å². The van der Waals surface area contributed by atoms with E-state index in [1.165, 1.54) is 33.5 Å². The molecule has 0 spiro atoms. The summed E-state index contributed by atoms with van der Waals surface area (Å²) in [5.74, 6) is -2.23. The summed E-state index contributed by atoms with van der Waals surface area (Å²) in [5, 5.41) is 27.3. The molecular weight excluding hydrogens is 328 g/mol. The minimum absolute atomic E-state index is 0.0108. The number of methoxy groups -OCH3 is 3. The van der Waals surface area contributed by atoms with Crippen molar-refractivity contribution in [1.29, 1.82) is 0 Å². The Morgan fingerprint density at radius 2 is 1.64 bits per heavy atom. The normalized spacial score (nSPS) is 10.6. The Labute approximate surface area is 146 Å². The second kappa shape index (κ2) is 9.63. The summed E-state index contributed by atoms with van der Waals surface area (Å²) in [6.07, 6.45) is -0.0728. The van der Waals surface area contributed by atoms with E-state index in [-0.39, 0.29) is 12.2 Å². The van der Waals surface area contributed by atoms with Gasteiger partial charge in [0.25, 0.3) is 0 Å². The van der Waals surface area contributed by atoms with E-state index in [1.54, 1.807) is 30.3 Å². The molecule has 0 aromatic heterocycles. The zero-order valence-electron chi connectivity index (χ0n) is 14.3. The van der Waals surface area contributed by atoms with Gasteiger partial charge in [0.2, 0.25) is 0 Å². The summed E-state index contributed by atoms with van der Waals surface area (Å²) < 4.78 is 14.4. The highest BCUT2D eigenvalue weighted by Gasteiger charge is 2.28. The topological polar surface area (TPSA) is 105 Å². The monoisotopic (exact) mass is 350 g/mol. The summed E-state index contributed by atoms with van der Waals surface area (Å²) >= 11 is 0. The Kier molecular flexibility index (Phi) is 7.87. The van der Waals surface area contributed by atoms with Gasteiger partial charge in [0.15, 0.2) is 11.5 Å². The zero-order valence-corrected chi connectivity index (χ0v) is 14.3. The third-order valence-corrected chi connectivity index (χ3v) is 3.29. The molecule has 3 N–H and O–H groups in total. The van der Waals surface area contributed by atoms with Crippen LogP contribution in [-0.4, -0.2) is 42.6 Å². The van der Waals surface area contributed by atoms with Crippen molar-refractivity contribution in [2.75, 3.05) is 21.3 Å². The lowest BCUT2D eigenvalue weighted by Crippen LogP contribution is -2.29. The molecule has 0 heterocycles. The smallest absolute Gasteiger partial charge is 0.308 e. The van der Waals surface area contributed by atoms with Gasteiger partial charge in [-0.05, 0) is 17.7 Å². The molecule has 7 nitrogen and oxygen atoms in total. The van der Waals surface area contributed by atoms with Gasteiger partial charge in [-0.25, -0.2) is 0 Å². The number of phenolic OH excluding ortho intramolecular Hbond substituents is 1. The molecular formula is C18H22O7. The van der Waals surface area contributed by atoms with Crippen molar-refractivity contribution < 1.29 is 34.3 Å². The van der Waals surface area contributed by atoms with E-state index in [9.17, 15) is 15.0 Å². The second-order valence-corrected chi connectivity index (χ2v) is 4.93. The molecule has 0 aliphatic rings. The lowest BCUT2D eigenvalue weighted by atomic mass is 10.1. The maximum Gasteiger partial charge on any atom is 0.308 e. The Morgan fingerprint density at radius 1 is 1.04 bits per heavy atom. The fourth-order valence-electron chi connectivity index (χ4n) is 1.97. The predicted octanol–water partition coefficient (Wildman–Crippen LogP) is 2.11. The van der Waals surface area contributed by atoms with Gasteiger partial charge in [-0.2, -0.15) is 0 Å². The number of carbonyl (C=O) groups is 1.